The van der Waals surface area contributed by atoms with Gasteiger partial charge >= 0.3 is 0 Å². The quantitative estimate of drug-likeness (QED) is 0.694. The lowest BCUT2D eigenvalue weighted by Crippen LogP contribution is -2.45. The van der Waals surface area contributed by atoms with Crippen LogP contribution in [0.3, 0.4) is 0 Å². The Labute approximate surface area is 106 Å². The molecule has 0 radical (unpaired) electrons. The zero-order valence-corrected chi connectivity index (χ0v) is 12.3. The Bertz CT molecular complexity index is 266. The van der Waals surface area contributed by atoms with E-state index in [9.17, 15) is 9.59 Å². The van der Waals surface area contributed by atoms with Gasteiger partial charge in [-0.25, -0.2) is 0 Å². The number of rotatable bonds is 5. The summed E-state index contributed by atoms with van der Waals surface area (Å²) in [5, 5.41) is 0. The van der Waals surface area contributed by atoms with Crippen LogP contribution in [0.15, 0.2) is 0 Å². The summed E-state index contributed by atoms with van der Waals surface area (Å²) >= 11 is 0. The van der Waals surface area contributed by atoms with Crippen LogP contribution in [0.1, 0.15) is 61.3 Å². The van der Waals surface area contributed by atoms with E-state index in [1.54, 1.807) is 4.90 Å². The minimum absolute atomic E-state index is 0.0705. The molecular weight excluding hydrogens is 214 g/mol. The molecule has 0 unspecified atom stereocenters. The molecule has 100 valence electrons. The van der Waals surface area contributed by atoms with Crippen LogP contribution in [0, 0.1) is 5.41 Å². The summed E-state index contributed by atoms with van der Waals surface area (Å²) in [7, 11) is 0. The smallest absolute Gasteiger partial charge is 0.290 e. The lowest BCUT2D eigenvalue weighted by atomic mass is 9.89. The number of hydrogen-bond donors (Lipinski definition) is 0. The zero-order chi connectivity index (χ0) is 13.8. The first kappa shape index (κ1) is 16.1. The predicted octanol–water partition coefficient (Wildman–Crippen LogP) is 3.03. The van der Waals surface area contributed by atoms with Crippen LogP contribution in [0.2, 0.25) is 0 Å². The summed E-state index contributed by atoms with van der Waals surface area (Å²) in [5.41, 5.74) is 0.0937. The molecule has 0 aliphatic carbocycles. The Morgan fingerprint density at radius 3 is 1.71 bits per heavy atom. The first-order valence-corrected chi connectivity index (χ1v) is 6.41. The number of ketones is 1. The summed E-state index contributed by atoms with van der Waals surface area (Å²) in [4.78, 5) is 25.5. The SMILES string of the molecule is CC(C)N(C(=O)C(=O)CCC(C)(C)C)C(C)C. The lowest BCUT2D eigenvalue weighted by Gasteiger charge is -2.30. The average molecular weight is 241 g/mol. The maximum absolute atomic E-state index is 12.0. The highest BCUT2D eigenvalue weighted by atomic mass is 16.2. The minimum Gasteiger partial charge on any atom is -0.331 e. The molecule has 0 N–H and O–H groups in total. The fraction of sp³-hybridized carbons (Fsp3) is 0.857. The molecule has 0 spiro atoms. The molecule has 0 fully saturated rings. The van der Waals surface area contributed by atoms with Gasteiger partial charge in [-0.15, -0.1) is 0 Å². The van der Waals surface area contributed by atoms with Crippen molar-refractivity contribution in [3.63, 3.8) is 0 Å². The molecule has 0 aromatic heterocycles. The van der Waals surface area contributed by atoms with Crippen molar-refractivity contribution in [2.45, 2.75) is 73.4 Å². The van der Waals surface area contributed by atoms with Crippen molar-refractivity contribution in [3.05, 3.63) is 0 Å². The van der Waals surface area contributed by atoms with Gasteiger partial charge in [-0.3, -0.25) is 9.59 Å². The number of carbonyl (C=O) groups excluding carboxylic acids is 2. The van der Waals surface area contributed by atoms with Gasteiger partial charge in [0.2, 0.25) is 5.78 Å². The molecule has 1 amide bonds. The Hall–Kier alpha value is -0.860. The van der Waals surface area contributed by atoms with E-state index in [1.165, 1.54) is 0 Å². The van der Waals surface area contributed by atoms with Crippen molar-refractivity contribution in [2.24, 2.45) is 5.41 Å². The number of amides is 1. The Morgan fingerprint density at radius 1 is 1.00 bits per heavy atom. The van der Waals surface area contributed by atoms with Crippen molar-refractivity contribution in [1.29, 1.82) is 0 Å². The van der Waals surface area contributed by atoms with Crippen LogP contribution in [0.25, 0.3) is 0 Å². The van der Waals surface area contributed by atoms with E-state index in [1.807, 2.05) is 27.7 Å². The van der Waals surface area contributed by atoms with E-state index in [4.69, 9.17) is 0 Å². The van der Waals surface area contributed by atoms with Gasteiger partial charge in [-0.1, -0.05) is 20.8 Å². The summed E-state index contributed by atoms with van der Waals surface area (Å²) < 4.78 is 0. The van der Waals surface area contributed by atoms with Gasteiger partial charge in [0, 0.05) is 18.5 Å². The molecule has 0 aliphatic heterocycles. The van der Waals surface area contributed by atoms with Gasteiger partial charge in [0.25, 0.3) is 5.91 Å². The second-order valence-electron chi connectivity index (χ2n) is 6.38. The molecule has 0 aromatic carbocycles. The van der Waals surface area contributed by atoms with Gasteiger partial charge in [0.05, 0.1) is 0 Å². The fourth-order valence-electron chi connectivity index (χ4n) is 1.80. The van der Waals surface area contributed by atoms with E-state index in [0.29, 0.717) is 6.42 Å². The predicted molar refractivity (Wildman–Crippen MR) is 70.8 cm³/mol. The summed E-state index contributed by atoms with van der Waals surface area (Å²) in [6.45, 7) is 14.0. The van der Waals surface area contributed by atoms with E-state index in [-0.39, 0.29) is 29.2 Å². The van der Waals surface area contributed by atoms with E-state index in [0.717, 1.165) is 6.42 Å². The number of carbonyl (C=O) groups is 2. The largest absolute Gasteiger partial charge is 0.331 e. The van der Waals surface area contributed by atoms with Crippen LogP contribution < -0.4 is 0 Å². The first-order valence-electron chi connectivity index (χ1n) is 6.41. The van der Waals surface area contributed by atoms with Crippen molar-refractivity contribution < 1.29 is 9.59 Å². The van der Waals surface area contributed by atoms with Crippen molar-refractivity contribution in [3.8, 4) is 0 Å². The summed E-state index contributed by atoms with van der Waals surface area (Å²) in [6, 6.07) is 0.141. The highest BCUT2D eigenvalue weighted by Gasteiger charge is 2.26. The Balaban J connectivity index is 4.53. The maximum atomic E-state index is 12.0. The van der Waals surface area contributed by atoms with E-state index in [2.05, 4.69) is 20.8 Å². The number of nitrogens with zero attached hydrogens (tertiary/aromatic N) is 1. The van der Waals surface area contributed by atoms with Gasteiger partial charge in [-0.05, 0) is 39.5 Å². The van der Waals surface area contributed by atoms with Gasteiger partial charge in [0.1, 0.15) is 0 Å². The normalized spacial score (nSPS) is 12.1. The van der Waals surface area contributed by atoms with Crippen LogP contribution in [-0.2, 0) is 9.59 Å². The van der Waals surface area contributed by atoms with Crippen LogP contribution in [-0.4, -0.2) is 28.7 Å². The third kappa shape index (κ3) is 5.85. The first-order chi connectivity index (χ1) is 7.56. The highest BCUT2D eigenvalue weighted by Crippen LogP contribution is 2.21. The number of hydrogen-bond acceptors (Lipinski definition) is 2. The van der Waals surface area contributed by atoms with Crippen LogP contribution >= 0.6 is 0 Å². The molecule has 0 aromatic rings. The van der Waals surface area contributed by atoms with Gasteiger partial charge in [0.15, 0.2) is 0 Å². The Kier molecular flexibility index (Phi) is 5.86. The lowest BCUT2D eigenvalue weighted by molar-refractivity contribution is -0.147. The third-order valence-electron chi connectivity index (χ3n) is 2.69. The molecule has 3 heteroatoms. The molecule has 0 aliphatic rings. The van der Waals surface area contributed by atoms with Gasteiger partial charge < -0.3 is 4.90 Å². The fourth-order valence-corrected chi connectivity index (χ4v) is 1.80. The van der Waals surface area contributed by atoms with E-state index < -0.39 is 0 Å². The molecule has 0 atom stereocenters. The molecule has 0 heterocycles. The van der Waals surface area contributed by atoms with Gasteiger partial charge in [-0.2, -0.15) is 0 Å². The van der Waals surface area contributed by atoms with Crippen molar-refractivity contribution in [2.75, 3.05) is 0 Å². The highest BCUT2D eigenvalue weighted by molar-refractivity contribution is 6.36. The standard InChI is InChI=1S/C14H27NO2/c1-10(2)15(11(3)4)13(17)12(16)8-9-14(5,6)7/h10-11H,8-9H2,1-7H3. The minimum atomic E-state index is -0.334. The second kappa shape index (κ2) is 6.18. The molecule has 17 heavy (non-hydrogen) atoms. The molecule has 0 saturated heterocycles. The Morgan fingerprint density at radius 2 is 1.41 bits per heavy atom. The summed E-state index contributed by atoms with van der Waals surface area (Å²) in [6.07, 6.45) is 1.10. The van der Waals surface area contributed by atoms with Crippen LogP contribution in [0.5, 0.6) is 0 Å². The maximum Gasteiger partial charge on any atom is 0.290 e. The third-order valence-corrected chi connectivity index (χ3v) is 2.69. The van der Waals surface area contributed by atoms with Crippen LogP contribution in [0.4, 0.5) is 0 Å². The van der Waals surface area contributed by atoms with Crippen molar-refractivity contribution in [1.82, 2.24) is 4.90 Å². The number of Topliss-reactive ketones (excluding diaryl/α,β-unsaturated/α-hetero) is 1. The molecular formula is C14H27NO2. The molecule has 0 rings (SSSR count). The molecule has 0 bridgehead atoms. The summed E-state index contributed by atoms with van der Waals surface area (Å²) in [5.74, 6) is -0.596. The van der Waals surface area contributed by atoms with E-state index >= 15 is 0 Å². The van der Waals surface area contributed by atoms with Crippen molar-refractivity contribution >= 4 is 11.7 Å². The molecule has 3 nitrogen and oxygen atoms in total. The second-order valence-corrected chi connectivity index (χ2v) is 6.38. The topological polar surface area (TPSA) is 37.4 Å². The monoisotopic (exact) mass is 241 g/mol. The zero-order valence-electron chi connectivity index (χ0n) is 12.3. The average Bonchev–Trinajstić information content (AvgIpc) is 2.11. The molecule has 0 saturated carbocycles.